The number of carbonyl (C=O) groups excluding carboxylic acids is 1. The van der Waals surface area contributed by atoms with Crippen LogP contribution in [0.1, 0.15) is 10.4 Å². The molecule has 16 heavy (non-hydrogen) atoms. The third kappa shape index (κ3) is 2.06. The van der Waals surface area contributed by atoms with Crippen LogP contribution in [0.2, 0.25) is 0 Å². The van der Waals surface area contributed by atoms with Crippen LogP contribution in [0, 0.1) is 0 Å². The highest BCUT2D eigenvalue weighted by molar-refractivity contribution is 6.05. The molecule has 1 aromatic carbocycles. The first-order valence-electron chi connectivity index (χ1n) is 5.32. The monoisotopic (exact) mass is 217 g/mol. The molecule has 0 unspecified atom stereocenters. The second-order valence-corrected chi connectivity index (χ2v) is 3.61. The first-order valence-corrected chi connectivity index (χ1v) is 5.32. The molecule has 1 heterocycles. The lowest BCUT2D eigenvalue weighted by molar-refractivity contribution is 0.0955. The summed E-state index contributed by atoms with van der Waals surface area (Å²) < 4.78 is 0. The molecule has 0 fully saturated rings. The minimum absolute atomic E-state index is 0.0386. The van der Waals surface area contributed by atoms with Crippen molar-refractivity contribution in [3.8, 4) is 0 Å². The van der Waals surface area contributed by atoms with Crippen LogP contribution < -0.4 is 10.6 Å². The summed E-state index contributed by atoms with van der Waals surface area (Å²) in [6.07, 6.45) is 1.84. The molecule has 1 aromatic heterocycles. The molecule has 0 saturated carbocycles. The predicted molar refractivity (Wildman–Crippen MR) is 64.6 cm³/mol. The van der Waals surface area contributed by atoms with Gasteiger partial charge in [-0.05, 0) is 19.2 Å². The van der Waals surface area contributed by atoms with Crippen molar-refractivity contribution >= 4 is 16.8 Å². The highest BCUT2D eigenvalue weighted by atomic mass is 16.1. The third-order valence-corrected chi connectivity index (χ3v) is 2.49. The third-order valence-electron chi connectivity index (χ3n) is 2.49. The number of fused-ring (bicyclic) bond motifs is 1. The number of carbonyl (C=O) groups is 1. The molecule has 4 heteroatoms. The number of aromatic nitrogens is 1. The SMILES string of the molecule is CNCCNC(=O)c1cccc2cc[nH]c12. The molecule has 0 bridgehead atoms. The Hall–Kier alpha value is -1.81. The van der Waals surface area contributed by atoms with Crippen LogP contribution in [0.25, 0.3) is 10.9 Å². The van der Waals surface area contributed by atoms with E-state index >= 15 is 0 Å². The molecule has 0 saturated heterocycles. The molecule has 4 nitrogen and oxygen atoms in total. The molecule has 84 valence electrons. The fraction of sp³-hybridized carbons (Fsp3) is 0.250. The van der Waals surface area contributed by atoms with E-state index in [9.17, 15) is 4.79 Å². The van der Waals surface area contributed by atoms with Crippen molar-refractivity contribution in [3.05, 3.63) is 36.0 Å². The summed E-state index contributed by atoms with van der Waals surface area (Å²) in [5, 5.41) is 6.90. The van der Waals surface area contributed by atoms with Crippen LogP contribution in [0.5, 0.6) is 0 Å². The highest BCUT2D eigenvalue weighted by Crippen LogP contribution is 2.16. The summed E-state index contributed by atoms with van der Waals surface area (Å²) in [7, 11) is 1.86. The number of nitrogens with one attached hydrogen (secondary N) is 3. The number of benzene rings is 1. The number of amides is 1. The van der Waals surface area contributed by atoms with Crippen molar-refractivity contribution in [1.29, 1.82) is 0 Å². The van der Waals surface area contributed by atoms with Crippen molar-refractivity contribution in [3.63, 3.8) is 0 Å². The summed E-state index contributed by atoms with van der Waals surface area (Å²) >= 11 is 0. The Morgan fingerprint density at radius 1 is 1.31 bits per heavy atom. The van der Waals surface area contributed by atoms with Gasteiger partial charge in [-0.1, -0.05) is 12.1 Å². The molecule has 0 aliphatic rings. The van der Waals surface area contributed by atoms with Crippen molar-refractivity contribution in [1.82, 2.24) is 15.6 Å². The summed E-state index contributed by atoms with van der Waals surface area (Å²) in [4.78, 5) is 15.0. The zero-order valence-electron chi connectivity index (χ0n) is 9.21. The predicted octanol–water partition coefficient (Wildman–Crippen LogP) is 1.12. The molecule has 0 radical (unpaired) electrons. The van der Waals surface area contributed by atoms with Gasteiger partial charge in [0.1, 0.15) is 0 Å². The number of rotatable bonds is 4. The molecule has 2 rings (SSSR count). The lowest BCUT2D eigenvalue weighted by Crippen LogP contribution is -2.30. The molecule has 0 aliphatic heterocycles. The number of hydrogen-bond donors (Lipinski definition) is 3. The average molecular weight is 217 g/mol. The summed E-state index contributed by atoms with van der Waals surface area (Å²) in [5.74, 6) is -0.0386. The average Bonchev–Trinajstić information content (AvgIpc) is 2.76. The van der Waals surface area contributed by atoms with Crippen LogP contribution in [0.4, 0.5) is 0 Å². The smallest absolute Gasteiger partial charge is 0.253 e. The van der Waals surface area contributed by atoms with Crippen molar-refractivity contribution in [2.45, 2.75) is 0 Å². The summed E-state index contributed by atoms with van der Waals surface area (Å²) in [6.45, 7) is 1.40. The van der Waals surface area contributed by atoms with E-state index in [0.29, 0.717) is 12.1 Å². The number of para-hydroxylation sites is 1. The van der Waals surface area contributed by atoms with E-state index in [1.807, 2.05) is 37.5 Å². The minimum Gasteiger partial charge on any atom is -0.361 e. The van der Waals surface area contributed by atoms with Gasteiger partial charge in [-0.3, -0.25) is 4.79 Å². The molecular formula is C12H15N3O. The first-order chi connectivity index (χ1) is 7.83. The second kappa shape index (κ2) is 4.81. The Balaban J connectivity index is 2.19. The largest absolute Gasteiger partial charge is 0.361 e. The maximum atomic E-state index is 11.9. The van der Waals surface area contributed by atoms with Crippen LogP contribution >= 0.6 is 0 Å². The van der Waals surface area contributed by atoms with Gasteiger partial charge in [0.15, 0.2) is 0 Å². The second-order valence-electron chi connectivity index (χ2n) is 3.61. The molecule has 0 spiro atoms. The van der Waals surface area contributed by atoms with Crippen LogP contribution in [0.3, 0.4) is 0 Å². The number of likely N-dealkylation sites (N-methyl/N-ethyl adjacent to an activating group) is 1. The van der Waals surface area contributed by atoms with Gasteiger partial charge in [0.05, 0.1) is 11.1 Å². The van der Waals surface area contributed by atoms with E-state index in [2.05, 4.69) is 15.6 Å². The van der Waals surface area contributed by atoms with E-state index < -0.39 is 0 Å². The van der Waals surface area contributed by atoms with Crippen molar-refractivity contribution < 1.29 is 4.79 Å². The van der Waals surface area contributed by atoms with Gasteiger partial charge in [0, 0.05) is 24.7 Å². The Morgan fingerprint density at radius 3 is 3.00 bits per heavy atom. The highest BCUT2D eigenvalue weighted by Gasteiger charge is 2.09. The normalized spacial score (nSPS) is 10.6. The van der Waals surface area contributed by atoms with Gasteiger partial charge in [-0.25, -0.2) is 0 Å². The quantitative estimate of drug-likeness (QED) is 0.672. The van der Waals surface area contributed by atoms with E-state index in [1.54, 1.807) is 0 Å². The van der Waals surface area contributed by atoms with Gasteiger partial charge in [-0.15, -0.1) is 0 Å². The summed E-state index contributed by atoms with van der Waals surface area (Å²) in [5.41, 5.74) is 1.59. The Bertz CT molecular complexity index is 490. The van der Waals surface area contributed by atoms with Crippen molar-refractivity contribution in [2.75, 3.05) is 20.1 Å². The molecule has 0 aliphatic carbocycles. The number of hydrogen-bond acceptors (Lipinski definition) is 2. The van der Waals surface area contributed by atoms with Crippen LogP contribution in [-0.2, 0) is 0 Å². The van der Waals surface area contributed by atoms with Crippen molar-refractivity contribution in [2.24, 2.45) is 0 Å². The van der Waals surface area contributed by atoms with Gasteiger partial charge in [-0.2, -0.15) is 0 Å². The van der Waals surface area contributed by atoms with E-state index in [0.717, 1.165) is 17.4 Å². The fourth-order valence-electron chi connectivity index (χ4n) is 1.67. The maximum Gasteiger partial charge on any atom is 0.253 e. The molecule has 0 atom stereocenters. The zero-order valence-corrected chi connectivity index (χ0v) is 9.21. The van der Waals surface area contributed by atoms with Gasteiger partial charge in [0.2, 0.25) is 0 Å². The van der Waals surface area contributed by atoms with E-state index in [-0.39, 0.29) is 5.91 Å². The standard InChI is InChI=1S/C12H15N3O/c1-13-7-8-15-12(16)10-4-2-3-9-5-6-14-11(9)10/h2-6,13-14H,7-8H2,1H3,(H,15,16). The molecular weight excluding hydrogens is 202 g/mol. The fourth-order valence-corrected chi connectivity index (χ4v) is 1.67. The van der Waals surface area contributed by atoms with Crippen LogP contribution in [-0.4, -0.2) is 31.0 Å². The van der Waals surface area contributed by atoms with Gasteiger partial charge < -0.3 is 15.6 Å². The molecule has 1 amide bonds. The Kier molecular flexibility index (Phi) is 3.22. The van der Waals surface area contributed by atoms with Crippen LogP contribution in [0.15, 0.2) is 30.5 Å². The lowest BCUT2D eigenvalue weighted by atomic mass is 10.1. The van der Waals surface area contributed by atoms with E-state index in [4.69, 9.17) is 0 Å². The molecule has 2 aromatic rings. The topological polar surface area (TPSA) is 56.9 Å². The first kappa shape index (κ1) is 10.7. The maximum absolute atomic E-state index is 11.9. The molecule has 3 N–H and O–H groups in total. The van der Waals surface area contributed by atoms with Gasteiger partial charge in [0.25, 0.3) is 5.91 Å². The summed E-state index contributed by atoms with van der Waals surface area (Å²) in [6, 6.07) is 7.66. The lowest BCUT2D eigenvalue weighted by Gasteiger charge is -2.05. The van der Waals surface area contributed by atoms with E-state index in [1.165, 1.54) is 0 Å². The number of H-pyrrole nitrogens is 1. The Labute approximate surface area is 94.0 Å². The van der Waals surface area contributed by atoms with Gasteiger partial charge >= 0.3 is 0 Å². The minimum atomic E-state index is -0.0386. The zero-order chi connectivity index (χ0) is 11.4. The Morgan fingerprint density at radius 2 is 2.19 bits per heavy atom. The number of aromatic amines is 1.